The van der Waals surface area contributed by atoms with Crippen LogP contribution in [0, 0.1) is 23.4 Å². The number of fused-ring (bicyclic) bond motifs is 1. The fourth-order valence-electron chi connectivity index (χ4n) is 5.78. The van der Waals surface area contributed by atoms with Crippen LogP contribution in [-0.4, -0.2) is 73.9 Å². The number of carbonyl (C=O) groups excluding carboxylic acids is 1. The summed E-state index contributed by atoms with van der Waals surface area (Å²) in [7, 11) is 0. The van der Waals surface area contributed by atoms with E-state index in [1.165, 1.54) is 0 Å². The molecule has 2 saturated heterocycles. The molecule has 3 fully saturated rings. The van der Waals surface area contributed by atoms with Crippen molar-refractivity contribution in [3.63, 3.8) is 0 Å². The molecule has 0 bridgehead atoms. The number of aromatic nitrogens is 4. The van der Waals surface area contributed by atoms with Crippen LogP contribution in [0.15, 0.2) is 18.3 Å². The number of imidazole rings is 1. The minimum atomic E-state index is -1.08. The molecule has 0 spiro atoms. The van der Waals surface area contributed by atoms with Crippen LogP contribution in [0.3, 0.4) is 0 Å². The number of likely N-dealkylation sites (tertiary alicyclic amines) is 1. The highest BCUT2D eigenvalue weighted by molar-refractivity contribution is 5.79. The SMILES string of the molecule is C.O=C(C1CCC(n2c(Nc3c(F)cc(F)cc3F)nc3cnc(NC4CCOC4)nc32)CC1)N1CC[C@@H](O)C1. The van der Waals surface area contributed by atoms with Crippen molar-refractivity contribution < 1.29 is 27.8 Å². The van der Waals surface area contributed by atoms with Gasteiger partial charge in [-0.1, -0.05) is 7.43 Å². The van der Waals surface area contributed by atoms with Gasteiger partial charge >= 0.3 is 0 Å². The molecule has 1 aromatic carbocycles. The Morgan fingerprint density at radius 2 is 1.80 bits per heavy atom. The minimum Gasteiger partial charge on any atom is -0.391 e. The van der Waals surface area contributed by atoms with E-state index in [1.54, 1.807) is 15.7 Å². The Morgan fingerprint density at radius 1 is 1.05 bits per heavy atom. The van der Waals surface area contributed by atoms with Crippen molar-refractivity contribution in [2.24, 2.45) is 5.92 Å². The summed E-state index contributed by atoms with van der Waals surface area (Å²) in [6, 6.07) is 1.13. The number of β-amino-alcohol motifs (C(OH)–C–C–N with tert-alkyl or cyclic N) is 1. The molecule has 10 nitrogen and oxygen atoms in total. The number of nitrogens with one attached hydrogen (secondary N) is 2. The predicted octanol–water partition coefficient (Wildman–Crippen LogP) is 4.15. The number of amides is 1. The Bertz CT molecular complexity index is 1350. The van der Waals surface area contributed by atoms with Crippen LogP contribution in [0.1, 0.15) is 52.0 Å². The second kappa shape index (κ2) is 11.6. The van der Waals surface area contributed by atoms with Gasteiger partial charge in [-0.3, -0.25) is 9.36 Å². The van der Waals surface area contributed by atoms with Crippen molar-refractivity contribution in [2.45, 2.75) is 64.1 Å². The van der Waals surface area contributed by atoms with E-state index in [1.807, 2.05) is 0 Å². The molecule has 1 amide bonds. The average molecular weight is 562 g/mol. The van der Waals surface area contributed by atoms with Gasteiger partial charge in [-0.2, -0.15) is 4.98 Å². The molecular formula is C27H34F3N7O3. The lowest BCUT2D eigenvalue weighted by atomic mass is 9.85. The monoisotopic (exact) mass is 561 g/mol. The van der Waals surface area contributed by atoms with Gasteiger partial charge in [0.05, 0.1) is 24.9 Å². The van der Waals surface area contributed by atoms with E-state index < -0.39 is 29.2 Å². The van der Waals surface area contributed by atoms with E-state index in [0.29, 0.717) is 87.7 Å². The third kappa shape index (κ3) is 5.57. The third-order valence-electron chi connectivity index (χ3n) is 7.83. The third-order valence-corrected chi connectivity index (χ3v) is 7.83. The first-order valence-corrected chi connectivity index (χ1v) is 13.3. The number of aliphatic hydroxyl groups is 1. The van der Waals surface area contributed by atoms with Crippen LogP contribution in [-0.2, 0) is 9.53 Å². The van der Waals surface area contributed by atoms with Crippen LogP contribution >= 0.6 is 0 Å². The number of ether oxygens (including phenoxy) is 1. The number of hydrogen-bond donors (Lipinski definition) is 3. The molecule has 13 heteroatoms. The van der Waals surface area contributed by atoms with E-state index >= 15 is 0 Å². The van der Waals surface area contributed by atoms with Gasteiger partial charge in [0.15, 0.2) is 17.3 Å². The molecule has 1 aliphatic carbocycles. The van der Waals surface area contributed by atoms with E-state index in [9.17, 15) is 23.1 Å². The lowest BCUT2D eigenvalue weighted by molar-refractivity contribution is -0.136. The summed E-state index contributed by atoms with van der Waals surface area (Å²) in [5.41, 5.74) is 0.394. The zero-order chi connectivity index (χ0) is 27.1. The van der Waals surface area contributed by atoms with Crippen LogP contribution in [0.25, 0.3) is 11.2 Å². The predicted molar refractivity (Wildman–Crippen MR) is 143 cm³/mol. The number of rotatable bonds is 6. The highest BCUT2D eigenvalue weighted by Crippen LogP contribution is 2.38. The standard InChI is InChI=1S/C26H30F3N7O3.CH4/c27-15-9-19(28)22(20(29)10-15)33-26-32-21-11-30-25(31-16-6-8-39-13-16)34-23(21)36(26)17-3-1-14(2-4-17)24(38)35-7-5-18(37)12-35;/h9-11,14,16-18,37H,1-8,12-13H2,(H,32,33)(H,30,31,34);1H4/t14?,16?,17?,18-;/m1./s1. The van der Waals surface area contributed by atoms with Crippen LogP contribution in [0.2, 0.25) is 0 Å². The maximum Gasteiger partial charge on any atom is 0.225 e. The van der Waals surface area contributed by atoms with Crippen molar-refractivity contribution in [1.29, 1.82) is 0 Å². The second-order valence-corrected chi connectivity index (χ2v) is 10.5. The van der Waals surface area contributed by atoms with Gasteiger partial charge in [0, 0.05) is 43.8 Å². The minimum absolute atomic E-state index is 0. The first-order valence-electron chi connectivity index (χ1n) is 13.3. The highest BCUT2D eigenvalue weighted by Gasteiger charge is 2.34. The molecule has 2 aliphatic heterocycles. The summed E-state index contributed by atoms with van der Waals surface area (Å²) in [6.45, 7) is 2.13. The van der Waals surface area contributed by atoms with E-state index in [-0.39, 0.29) is 37.3 Å². The Balaban J connectivity index is 0.00000323. The first kappa shape index (κ1) is 28.1. The molecule has 3 aromatic rings. The highest BCUT2D eigenvalue weighted by atomic mass is 19.1. The molecule has 40 heavy (non-hydrogen) atoms. The fraction of sp³-hybridized carbons (Fsp3) is 0.556. The lowest BCUT2D eigenvalue weighted by Crippen LogP contribution is -2.37. The van der Waals surface area contributed by atoms with Crippen molar-refractivity contribution >= 4 is 34.7 Å². The van der Waals surface area contributed by atoms with Gasteiger partial charge in [0.25, 0.3) is 0 Å². The van der Waals surface area contributed by atoms with Gasteiger partial charge in [-0.15, -0.1) is 0 Å². The largest absolute Gasteiger partial charge is 0.391 e. The van der Waals surface area contributed by atoms with E-state index in [4.69, 9.17) is 9.72 Å². The molecule has 0 radical (unpaired) electrons. The number of aliphatic hydroxyl groups excluding tert-OH is 1. The number of anilines is 3. The van der Waals surface area contributed by atoms with Crippen LogP contribution < -0.4 is 10.6 Å². The quantitative estimate of drug-likeness (QED) is 0.411. The summed E-state index contributed by atoms with van der Waals surface area (Å²) in [5.74, 6) is -2.73. The molecule has 3 N–H and O–H groups in total. The molecule has 1 unspecified atom stereocenters. The van der Waals surface area contributed by atoms with Crippen molar-refractivity contribution in [1.82, 2.24) is 24.4 Å². The Morgan fingerprint density at radius 3 is 2.45 bits per heavy atom. The molecule has 6 rings (SSSR count). The summed E-state index contributed by atoms with van der Waals surface area (Å²) in [4.78, 5) is 28.3. The van der Waals surface area contributed by atoms with Crippen LogP contribution in [0.4, 0.5) is 30.8 Å². The molecule has 1 saturated carbocycles. The molecule has 216 valence electrons. The van der Waals surface area contributed by atoms with Crippen molar-refractivity contribution in [3.05, 3.63) is 35.8 Å². The summed E-state index contributed by atoms with van der Waals surface area (Å²) in [5, 5.41) is 15.8. The lowest BCUT2D eigenvalue weighted by Gasteiger charge is -2.32. The summed E-state index contributed by atoms with van der Waals surface area (Å²) < 4.78 is 49.8. The number of halogens is 3. The Hall–Kier alpha value is -3.45. The van der Waals surface area contributed by atoms with E-state index in [2.05, 4.69) is 20.6 Å². The Kier molecular flexibility index (Phi) is 8.13. The summed E-state index contributed by atoms with van der Waals surface area (Å²) in [6.07, 6.45) is 4.96. The fourth-order valence-corrected chi connectivity index (χ4v) is 5.78. The zero-order valence-electron chi connectivity index (χ0n) is 21.2. The van der Waals surface area contributed by atoms with Crippen molar-refractivity contribution in [2.75, 3.05) is 36.9 Å². The van der Waals surface area contributed by atoms with E-state index in [0.717, 1.165) is 6.42 Å². The Labute approximate surface area is 230 Å². The number of hydrogen-bond acceptors (Lipinski definition) is 8. The molecule has 2 aromatic heterocycles. The molecular weight excluding hydrogens is 527 g/mol. The van der Waals surface area contributed by atoms with Gasteiger partial charge in [-0.05, 0) is 38.5 Å². The van der Waals surface area contributed by atoms with Crippen LogP contribution in [0.5, 0.6) is 0 Å². The van der Waals surface area contributed by atoms with Crippen molar-refractivity contribution in [3.8, 4) is 0 Å². The van der Waals surface area contributed by atoms with Gasteiger partial charge in [0.2, 0.25) is 17.8 Å². The maximum absolute atomic E-state index is 14.5. The molecule has 4 heterocycles. The molecule has 2 atom stereocenters. The first-order chi connectivity index (χ1) is 18.9. The maximum atomic E-state index is 14.5. The second-order valence-electron chi connectivity index (χ2n) is 10.5. The molecule has 3 aliphatic rings. The van der Waals surface area contributed by atoms with Gasteiger partial charge in [-0.25, -0.2) is 23.1 Å². The van der Waals surface area contributed by atoms with Gasteiger partial charge < -0.3 is 25.4 Å². The normalized spacial score (nSPS) is 24.8. The van der Waals surface area contributed by atoms with Gasteiger partial charge in [0.1, 0.15) is 17.0 Å². The number of benzene rings is 1. The number of nitrogens with zero attached hydrogens (tertiary/aromatic N) is 5. The summed E-state index contributed by atoms with van der Waals surface area (Å²) >= 11 is 0. The smallest absolute Gasteiger partial charge is 0.225 e. The number of carbonyl (C=O) groups is 1. The zero-order valence-corrected chi connectivity index (χ0v) is 21.2. The average Bonchev–Trinajstić information content (AvgIpc) is 3.66. The topological polar surface area (TPSA) is 117 Å².